The third kappa shape index (κ3) is 3.21. The number of aryl methyl sites for hydroxylation is 1. The SMILES string of the molecule is CCC[C@H](CC)c1ccc(-c2nc(C)cs2)c(F)c1. The van der Waals surface area contributed by atoms with E-state index in [1.807, 2.05) is 18.4 Å². The minimum atomic E-state index is -0.151. The van der Waals surface area contributed by atoms with Gasteiger partial charge >= 0.3 is 0 Å². The van der Waals surface area contributed by atoms with Crippen LogP contribution < -0.4 is 0 Å². The van der Waals surface area contributed by atoms with E-state index in [9.17, 15) is 4.39 Å². The molecule has 0 N–H and O–H groups in total. The Kier molecular flexibility index (Phi) is 4.70. The van der Waals surface area contributed by atoms with Gasteiger partial charge in [-0.15, -0.1) is 11.3 Å². The van der Waals surface area contributed by atoms with Crippen molar-refractivity contribution in [3.8, 4) is 10.6 Å². The molecule has 0 fully saturated rings. The Morgan fingerprint density at radius 3 is 2.63 bits per heavy atom. The van der Waals surface area contributed by atoms with Crippen LogP contribution in [0.4, 0.5) is 4.39 Å². The van der Waals surface area contributed by atoms with E-state index < -0.39 is 0 Å². The summed E-state index contributed by atoms with van der Waals surface area (Å²) in [6.45, 7) is 6.27. The Bertz CT molecular complexity index is 547. The zero-order valence-corrected chi connectivity index (χ0v) is 12.6. The largest absolute Gasteiger partial charge is 0.241 e. The lowest BCUT2D eigenvalue weighted by Crippen LogP contribution is -1.98. The van der Waals surface area contributed by atoms with Gasteiger partial charge in [0.05, 0.1) is 0 Å². The van der Waals surface area contributed by atoms with E-state index in [4.69, 9.17) is 0 Å². The molecule has 1 aromatic carbocycles. The van der Waals surface area contributed by atoms with E-state index in [1.54, 1.807) is 6.07 Å². The topological polar surface area (TPSA) is 12.9 Å². The predicted molar refractivity (Wildman–Crippen MR) is 80.2 cm³/mol. The van der Waals surface area contributed by atoms with Crippen molar-refractivity contribution in [1.29, 1.82) is 0 Å². The van der Waals surface area contributed by atoms with E-state index in [-0.39, 0.29) is 5.82 Å². The molecule has 0 saturated carbocycles. The fourth-order valence-corrected chi connectivity index (χ4v) is 3.22. The Balaban J connectivity index is 2.31. The first-order valence-electron chi connectivity index (χ1n) is 6.87. The van der Waals surface area contributed by atoms with Crippen molar-refractivity contribution in [1.82, 2.24) is 4.98 Å². The van der Waals surface area contributed by atoms with Crippen LogP contribution in [0.1, 0.15) is 50.3 Å². The second kappa shape index (κ2) is 6.29. The third-order valence-corrected chi connectivity index (χ3v) is 4.44. The second-order valence-corrected chi connectivity index (χ2v) is 5.79. The number of thiazole rings is 1. The summed E-state index contributed by atoms with van der Waals surface area (Å²) >= 11 is 1.50. The highest BCUT2D eigenvalue weighted by molar-refractivity contribution is 7.13. The maximum atomic E-state index is 14.2. The van der Waals surface area contributed by atoms with Gasteiger partial charge in [0.25, 0.3) is 0 Å². The molecule has 102 valence electrons. The zero-order valence-electron chi connectivity index (χ0n) is 11.7. The zero-order chi connectivity index (χ0) is 13.8. The van der Waals surface area contributed by atoms with E-state index in [2.05, 4.69) is 24.9 Å². The lowest BCUT2D eigenvalue weighted by Gasteiger charge is -2.15. The van der Waals surface area contributed by atoms with Crippen LogP contribution in [0.5, 0.6) is 0 Å². The quantitative estimate of drug-likeness (QED) is 0.698. The Morgan fingerprint density at radius 2 is 2.11 bits per heavy atom. The van der Waals surface area contributed by atoms with Crippen molar-refractivity contribution in [3.63, 3.8) is 0 Å². The molecule has 0 aliphatic rings. The molecule has 1 atom stereocenters. The number of rotatable bonds is 5. The number of halogens is 1. The molecule has 0 unspecified atom stereocenters. The smallest absolute Gasteiger partial charge is 0.133 e. The van der Waals surface area contributed by atoms with E-state index in [0.29, 0.717) is 11.5 Å². The van der Waals surface area contributed by atoms with Gasteiger partial charge in [0.1, 0.15) is 10.8 Å². The van der Waals surface area contributed by atoms with Crippen LogP contribution >= 0.6 is 11.3 Å². The molecular formula is C16H20FNS. The lowest BCUT2D eigenvalue weighted by molar-refractivity contribution is 0.582. The van der Waals surface area contributed by atoms with Crippen LogP contribution in [0.2, 0.25) is 0 Å². The molecule has 0 aliphatic heterocycles. The average molecular weight is 277 g/mol. The van der Waals surface area contributed by atoms with Gasteiger partial charge in [0.15, 0.2) is 0 Å². The molecule has 0 spiro atoms. The van der Waals surface area contributed by atoms with Crippen LogP contribution in [-0.2, 0) is 0 Å². The summed E-state index contributed by atoms with van der Waals surface area (Å²) in [5, 5.41) is 2.72. The molecule has 2 rings (SSSR count). The minimum absolute atomic E-state index is 0.151. The summed E-state index contributed by atoms with van der Waals surface area (Å²) in [5.74, 6) is 0.313. The fraction of sp³-hybridized carbons (Fsp3) is 0.438. The first-order chi connectivity index (χ1) is 9.15. The van der Waals surface area contributed by atoms with Gasteiger partial charge < -0.3 is 0 Å². The Hall–Kier alpha value is -1.22. The summed E-state index contributed by atoms with van der Waals surface area (Å²) in [6.07, 6.45) is 3.31. The van der Waals surface area contributed by atoms with Gasteiger partial charge in [0.2, 0.25) is 0 Å². The van der Waals surface area contributed by atoms with Gasteiger partial charge in [-0.3, -0.25) is 0 Å². The summed E-state index contributed by atoms with van der Waals surface area (Å²) in [6, 6.07) is 5.62. The molecule has 1 aromatic heterocycles. The average Bonchev–Trinajstić information content (AvgIpc) is 2.82. The number of hydrogen-bond acceptors (Lipinski definition) is 2. The van der Waals surface area contributed by atoms with Gasteiger partial charge in [-0.25, -0.2) is 9.37 Å². The first-order valence-corrected chi connectivity index (χ1v) is 7.75. The maximum Gasteiger partial charge on any atom is 0.133 e. The van der Waals surface area contributed by atoms with Gasteiger partial charge in [-0.1, -0.05) is 26.3 Å². The number of aromatic nitrogens is 1. The first kappa shape index (κ1) is 14.2. The number of nitrogens with zero attached hydrogens (tertiary/aromatic N) is 1. The second-order valence-electron chi connectivity index (χ2n) is 4.93. The molecule has 0 saturated heterocycles. The van der Waals surface area contributed by atoms with Gasteiger partial charge in [0, 0.05) is 16.6 Å². The highest BCUT2D eigenvalue weighted by Gasteiger charge is 2.13. The molecule has 19 heavy (non-hydrogen) atoms. The van der Waals surface area contributed by atoms with E-state index >= 15 is 0 Å². The molecule has 1 heterocycles. The van der Waals surface area contributed by atoms with E-state index in [1.165, 1.54) is 11.3 Å². The molecule has 3 heteroatoms. The molecule has 0 radical (unpaired) electrons. The van der Waals surface area contributed by atoms with Crippen LogP contribution in [0, 0.1) is 12.7 Å². The summed E-state index contributed by atoms with van der Waals surface area (Å²) in [4.78, 5) is 4.35. The number of benzene rings is 1. The molecular weight excluding hydrogens is 257 g/mol. The van der Waals surface area contributed by atoms with Gasteiger partial charge in [-0.2, -0.15) is 0 Å². The van der Waals surface area contributed by atoms with Gasteiger partial charge in [-0.05, 0) is 43.4 Å². The standard InChI is InChI=1S/C16H20FNS/c1-4-6-12(5-2)13-7-8-14(15(17)9-13)16-18-11(3)10-19-16/h7-10,12H,4-6H2,1-3H3/t12-/m0/s1. The van der Waals surface area contributed by atoms with Crippen molar-refractivity contribution in [2.24, 2.45) is 0 Å². The summed E-state index contributed by atoms with van der Waals surface area (Å²) < 4.78 is 14.2. The monoisotopic (exact) mass is 277 g/mol. The van der Waals surface area contributed by atoms with Crippen molar-refractivity contribution < 1.29 is 4.39 Å². The highest BCUT2D eigenvalue weighted by atomic mass is 32.1. The normalized spacial score (nSPS) is 12.6. The Morgan fingerprint density at radius 1 is 1.32 bits per heavy atom. The lowest BCUT2D eigenvalue weighted by atomic mass is 9.91. The van der Waals surface area contributed by atoms with Crippen LogP contribution in [0.25, 0.3) is 10.6 Å². The molecule has 0 amide bonds. The molecule has 0 bridgehead atoms. The maximum absolute atomic E-state index is 14.2. The van der Waals surface area contributed by atoms with E-state index in [0.717, 1.165) is 35.5 Å². The molecule has 0 aliphatic carbocycles. The predicted octanol–water partition coefficient (Wildman–Crippen LogP) is 5.55. The molecule has 1 nitrogen and oxygen atoms in total. The van der Waals surface area contributed by atoms with Crippen molar-refractivity contribution >= 4 is 11.3 Å². The highest BCUT2D eigenvalue weighted by Crippen LogP contribution is 2.31. The van der Waals surface area contributed by atoms with Crippen molar-refractivity contribution in [2.75, 3.05) is 0 Å². The van der Waals surface area contributed by atoms with Crippen molar-refractivity contribution in [2.45, 2.75) is 46.0 Å². The van der Waals surface area contributed by atoms with Crippen LogP contribution in [-0.4, -0.2) is 4.98 Å². The van der Waals surface area contributed by atoms with Crippen LogP contribution in [0.3, 0.4) is 0 Å². The Labute approximate surface area is 118 Å². The fourth-order valence-electron chi connectivity index (χ4n) is 2.39. The summed E-state index contributed by atoms with van der Waals surface area (Å²) in [5.41, 5.74) is 2.67. The molecule has 2 aromatic rings. The number of hydrogen-bond donors (Lipinski definition) is 0. The van der Waals surface area contributed by atoms with Crippen molar-refractivity contribution in [3.05, 3.63) is 40.7 Å². The summed E-state index contributed by atoms with van der Waals surface area (Å²) in [7, 11) is 0. The van der Waals surface area contributed by atoms with Crippen LogP contribution in [0.15, 0.2) is 23.6 Å². The third-order valence-electron chi connectivity index (χ3n) is 3.44. The minimum Gasteiger partial charge on any atom is -0.241 e.